The molecule has 0 bridgehead atoms. The van der Waals surface area contributed by atoms with Crippen LogP contribution in [-0.2, 0) is 6.42 Å². The third-order valence-electron chi connectivity index (χ3n) is 1.90. The van der Waals surface area contributed by atoms with E-state index in [1.54, 1.807) is 12.5 Å². The molecule has 2 aromatic rings. The number of pyridine rings is 1. The van der Waals surface area contributed by atoms with E-state index >= 15 is 0 Å². The van der Waals surface area contributed by atoms with Gasteiger partial charge >= 0.3 is 0 Å². The summed E-state index contributed by atoms with van der Waals surface area (Å²) in [7, 11) is 0. The zero-order valence-electron chi connectivity index (χ0n) is 7.40. The molecule has 0 aliphatic carbocycles. The van der Waals surface area contributed by atoms with Crippen LogP contribution in [0.3, 0.4) is 0 Å². The van der Waals surface area contributed by atoms with Crippen LogP contribution in [0.25, 0.3) is 0 Å². The Morgan fingerprint density at radius 2 is 2.29 bits per heavy atom. The summed E-state index contributed by atoms with van der Waals surface area (Å²) in [6, 6.07) is 5.64. The molecular weight excluding hydrogens is 244 g/mol. The lowest BCUT2D eigenvalue weighted by molar-refractivity contribution is 0.519. The Morgan fingerprint density at radius 1 is 1.43 bits per heavy atom. The molecule has 0 atom stereocenters. The van der Waals surface area contributed by atoms with Crippen molar-refractivity contribution in [2.45, 2.75) is 6.42 Å². The van der Waals surface area contributed by atoms with Crippen LogP contribution in [0.1, 0.15) is 11.3 Å². The molecule has 0 radical (unpaired) electrons. The van der Waals surface area contributed by atoms with Crippen LogP contribution in [0.2, 0.25) is 0 Å². The Balaban J connectivity index is 2.23. The van der Waals surface area contributed by atoms with Gasteiger partial charge in [0.1, 0.15) is 11.6 Å². The second-order valence-corrected chi connectivity index (χ2v) is 3.81. The highest BCUT2D eigenvalue weighted by Crippen LogP contribution is 2.21. The summed E-state index contributed by atoms with van der Waals surface area (Å²) < 4.78 is 6.28. The van der Waals surface area contributed by atoms with E-state index < -0.39 is 0 Å². The predicted octanol–water partition coefficient (Wildman–Crippen LogP) is 2.61. The number of anilines is 1. The molecule has 2 heterocycles. The average molecular weight is 253 g/mol. The zero-order chi connectivity index (χ0) is 9.97. The minimum absolute atomic E-state index is 0.533. The molecule has 0 amide bonds. The van der Waals surface area contributed by atoms with E-state index in [0.29, 0.717) is 5.82 Å². The van der Waals surface area contributed by atoms with Crippen molar-refractivity contribution in [3.8, 4) is 0 Å². The molecule has 0 fully saturated rings. The zero-order valence-corrected chi connectivity index (χ0v) is 8.99. The highest BCUT2D eigenvalue weighted by atomic mass is 79.9. The summed E-state index contributed by atoms with van der Waals surface area (Å²) in [6.07, 6.45) is 4.08. The highest BCUT2D eigenvalue weighted by molar-refractivity contribution is 9.10. The number of nitrogen functional groups attached to an aromatic ring is 1. The molecule has 0 spiro atoms. The molecule has 4 heteroatoms. The first-order chi connectivity index (χ1) is 6.75. The number of hydrogen-bond donors (Lipinski definition) is 1. The molecule has 0 aliphatic heterocycles. The van der Waals surface area contributed by atoms with Gasteiger partial charge in [0.05, 0.1) is 10.7 Å². The van der Waals surface area contributed by atoms with Gasteiger partial charge in [-0.05, 0) is 39.7 Å². The Labute approximate surface area is 90.1 Å². The first-order valence-electron chi connectivity index (χ1n) is 4.18. The van der Waals surface area contributed by atoms with E-state index in [9.17, 15) is 0 Å². The third-order valence-corrected chi connectivity index (χ3v) is 2.61. The smallest absolute Gasteiger partial charge is 0.123 e. The SMILES string of the molecule is Nc1cc(Cc2occc2Br)ccn1. The monoisotopic (exact) mass is 252 g/mol. The molecule has 14 heavy (non-hydrogen) atoms. The van der Waals surface area contributed by atoms with Crippen LogP contribution in [0.5, 0.6) is 0 Å². The van der Waals surface area contributed by atoms with Gasteiger partial charge in [-0.2, -0.15) is 0 Å². The number of rotatable bonds is 2. The number of aromatic nitrogens is 1. The van der Waals surface area contributed by atoms with Crippen molar-refractivity contribution in [3.63, 3.8) is 0 Å². The quantitative estimate of drug-likeness (QED) is 0.894. The van der Waals surface area contributed by atoms with Gasteiger partial charge < -0.3 is 10.2 Å². The van der Waals surface area contributed by atoms with Crippen LogP contribution in [0.4, 0.5) is 5.82 Å². The van der Waals surface area contributed by atoms with Crippen LogP contribution >= 0.6 is 15.9 Å². The molecule has 0 unspecified atom stereocenters. The molecule has 0 saturated heterocycles. The third kappa shape index (κ3) is 1.96. The van der Waals surface area contributed by atoms with E-state index in [1.165, 1.54) is 0 Å². The summed E-state index contributed by atoms with van der Waals surface area (Å²) >= 11 is 3.40. The number of halogens is 1. The van der Waals surface area contributed by atoms with Gasteiger partial charge in [0.15, 0.2) is 0 Å². The number of nitrogens with two attached hydrogens (primary N) is 1. The van der Waals surface area contributed by atoms with E-state index in [0.717, 1.165) is 22.2 Å². The molecule has 72 valence electrons. The lowest BCUT2D eigenvalue weighted by atomic mass is 10.1. The van der Waals surface area contributed by atoms with Gasteiger partial charge in [0.2, 0.25) is 0 Å². The van der Waals surface area contributed by atoms with Crippen molar-refractivity contribution in [1.29, 1.82) is 0 Å². The van der Waals surface area contributed by atoms with Crippen molar-refractivity contribution in [2.24, 2.45) is 0 Å². The van der Waals surface area contributed by atoms with Crippen molar-refractivity contribution >= 4 is 21.7 Å². The summed E-state index contributed by atoms with van der Waals surface area (Å²) in [4.78, 5) is 3.93. The maximum atomic E-state index is 5.57. The molecule has 0 aromatic carbocycles. The Kier molecular flexibility index (Phi) is 2.54. The number of hydrogen-bond acceptors (Lipinski definition) is 3. The largest absolute Gasteiger partial charge is 0.468 e. The van der Waals surface area contributed by atoms with E-state index in [-0.39, 0.29) is 0 Å². The lowest BCUT2D eigenvalue weighted by Gasteiger charge is -1.99. The fourth-order valence-electron chi connectivity index (χ4n) is 1.24. The van der Waals surface area contributed by atoms with E-state index in [1.807, 2.05) is 18.2 Å². The molecule has 0 saturated carbocycles. The van der Waals surface area contributed by atoms with Gasteiger partial charge in [-0.25, -0.2) is 4.98 Å². The fraction of sp³-hybridized carbons (Fsp3) is 0.100. The van der Waals surface area contributed by atoms with Crippen LogP contribution < -0.4 is 5.73 Å². The normalized spacial score (nSPS) is 10.4. The minimum atomic E-state index is 0.533. The van der Waals surface area contributed by atoms with Gasteiger partial charge in [-0.1, -0.05) is 0 Å². The summed E-state index contributed by atoms with van der Waals surface area (Å²) in [6.45, 7) is 0. The first kappa shape index (κ1) is 9.27. The molecule has 0 aliphatic rings. The van der Waals surface area contributed by atoms with Gasteiger partial charge in [0, 0.05) is 12.6 Å². The fourth-order valence-corrected chi connectivity index (χ4v) is 1.58. The molecular formula is C10H9BrN2O. The minimum Gasteiger partial charge on any atom is -0.468 e. The molecule has 2 N–H and O–H groups in total. The standard InChI is InChI=1S/C10H9BrN2O/c11-8-2-4-14-9(8)5-7-1-3-13-10(12)6-7/h1-4,6H,5H2,(H2,12,13). The predicted molar refractivity (Wildman–Crippen MR) is 57.9 cm³/mol. The molecule has 3 nitrogen and oxygen atoms in total. The highest BCUT2D eigenvalue weighted by Gasteiger charge is 2.04. The maximum absolute atomic E-state index is 5.57. The second-order valence-electron chi connectivity index (χ2n) is 2.96. The van der Waals surface area contributed by atoms with Crippen molar-refractivity contribution < 1.29 is 4.42 Å². The van der Waals surface area contributed by atoms with E-state index in [2.05, 4.69) is 20.9 Å². The van der Waals surface area contributed by atoms with Crippen molar-refractivity contribution in [3.05, 3.63) is 46.5 Å². The summed E-state index contributed by atoms with van der Waals surface area (Å²) in [5, 5.41) is 0. The van der Waals surface area contributed by atoms with Gasteiger partial charge in [0.25, 0.3) is 0 Å². The Hall–Kier alpha value is -1.29. The first-order valence-corrected chi connectivity index (χ1v) is 4.97. The Bertz CT molecular complexity index is 439. The maximum Gasteiger partial charge on any atom is 0.123 e. The summed E-state index contributed by atoms with van der Waals surface area (Å²) in [5.74, 6) is 1.43. The van der Waals surface area contributed by atoms with E-state index in [4.69, 9.17) is 10.2 Å². The van der Waals surface area contributed by atoms with Crippen molar-refractivity contribution in [2.75, 3.05) is 5.73 Å². The van der Waals surface area contributed by atoms with Crippen LogP contribution in [0, 0.1) is 0 Å². The van der Waals surface area contributed by atoms with Crippen molar-refractivity contribution in [1.82, 2.24) is 4.98 Å². The summed E-state index contributed by atoms with van der Waals surface area (Å²) in [5.41, 5.74) is 6.66. The number of furan rings is 1. The van der Waals surface area contributed by atoms with Gasteiger partial charge in [-0.15, -0.1) is 0 Å². The molecule has 2 rings (SSSR count). The second kappa shape index (κ2) is 3.84. The topological polar surface area (TPSA) is 52.0 Å². The van der Waals surface area contributed by atoms with Gasteiger partial charge in [-0.3, -0.25) is 0 Å². The van der Waals surface area contributed by atoms with Crippen LogP contribution in [0.15, 0.2) is 39.5 Å². The molecule has 2 aromatic heterocycles. The lowest BCUT2D eigenvalue weighted by Crippen LogP contribution is -1.92. The average Bonchev–Trinajstić information content (AvgIpc) is 2.52. The van der Waals surface area contributed by atoms with Crippen LogP contribution in [-0.4, -0.2) is 4.98 Å². The Morgan fingerprint density at radius 3 is 2.93 bits per heavy atom. The number of nitrogens with zero attached hydrogens (tertiary/aromatic N) is 1.